The zero-order valence-corrected chi connectivity index (χ0v) is 6.25. The van der Waals surface area contributed by atoms with E-state index in [-0.39, 0.29) is 6.61 Å². The standard InChI is InChI=1S/C6H11F3O/c1-5(2,4-10-3)6(7,8)9/h4H2,1-3H3. The molecule has 62 valence electrons. The van der Waals surface area contributed by atoms with Gasteiger partial charge in [0.1, 0.15) is 0 Å². The summed E-state index contributed by atoms with van der Waals surface area (Å²) in [6, 6.07) is 0. The molecule has 0 aromatic carbocycles. The van der Waals surface area contributed by atoms with Crippen molar-refractivity contribution in [1.82, 2.24) is 0 Å². The van der Waals surface area contributed by atoms with Crippen molar-refractivity contribution >= 4 is 0 Å². The Labute approximate surface area is 58.2 Å². The van der Waals surface area contributed by atoms with Gasteiger partial charge in [0.15, 0.2) is 0 Å². The molecule has 0 aromatic rings. The fraction of sp³-hybridized carbons (Fsp3) is 1.00. The van der Waals surface area contributed by atoms with Crippen molar-refractivity contribution in [2.24, 2.45) is 5.41 Å². The molecule has 0 atom stereocenters. The maximum Gasteiger partial charge on any atom is 0.396 e. The molecule has 0 rings (SSSR count). The van der Waals surface area contributed by atoms with Crippen molar-refractivity contribution in [2.75, 3.05) is 13.7 Å². The predicted molar refractivity (Wildman–Crippen MR) is 31.7 cm³/mol. The zero-order valence-electron chi connectivity index (χ0n) is 6.25. The summed E-state index contributed by atoms with van der Waals surface area (Å²) in [6.07, 6.45) is -4.18. The Morgan fingerprint density at radius 1 is 1.20 bits per heavy atom. The Morgan fingerprint density at radius 3 is 1.70 bits per heavy atom. The van der Waals surface area contributed by atoms with Crippen LogP contribution in [0.25, 0.3) is 0 Å². The summed E-state index contributed by atoms with van der Waals surface area (Å²) in [7, 11) is 1.26. The van der Waals surface area contributed by atoms with Crippen LogP contribution >= 0.6 is 0 Å². The van der Waals surface area contributed by atoms with Gasteiger partial charge in [0.2, 0.25) is 0 Å². The Hall–Kier alpha value is -0.250. The van der Waals surface area contributed by atoms with E-state index in [1.54, 1.807) is 0 Å². The minimum Gasteiger partial charge on any atom is -0.384 e. The van der Waals surface area contributed by atoms with E-state index in [1.807, 2.05) is 0 Å². The van der Waals surface area contributed by atoms with Crippen LogP contribution in [0.4, 0.5) is 13.2 Å². The molecule has 0 unspecified atom stereocenters. The second-order valence-corrected chi connectivity index (χ2v) is 2.81. The second-order valence-electron chi connectivity index (χ2n) is 2.81. The third kappa shape index (κ3) is 2.17. The smallest absolute Gasteiger partial charge is 0.384 e. The van der Waals surface area contributed by atoms with Gasteiger partial charge >= 0.3 is 6.18 Å². The molecule has 0 spiro atoms. The van der Waals surface area contributed by atoms with E-state index in [4.69, 9.17) is 0 Å². The number of rotatable bonds is 2. The van der Waals surface area contributed by atoms with Gasteiger partial charge in [0.05, 0.1) is 12.0 Å². The van der Waals surface area contributed by atoms with E-state index in [2.05, 4.69) is 4.74 Å². The lowest BCUT2D eigenvalue weighted by atomic mass is 9.94. The Bertz CT molecular complexity index is 106. The fourth-order valence-electron chi connectivity index (χ4n) is 0.443. The third-order valence-corrected chi connectivity index (χ3v) is 1.27. The SMILES string of the molecule is COCC(C)(C)C(F)(F)F. The Morgan fingerprint density at radius 2 is 1.60 bits per heavy atom. The van der Waals surface area contributed by atoms with Crippen LogP contribution in [0.1, 0.15) is 13.8 Å². The lowest BCUT2D eigenvalue weighted by Crippen LogP contribution is -2.36. The first-order valence-electron chi connectivity index (χ1n) is 2.87. The van der Waals surface area contributed by atoms with Gasteiger partial charge in [-0.25, -0.2) is 0 Å². The van der Waals surface area contributed by atoms with Gasteiger partial charge in [-0.2, -0.15) is 13.2 Å². The number of ether oxygens (including phenoxy) is 1. The van der Waals surface area contributed by atoms with Gasteiger partial charge < -0.3 is 4.74 Å². The van der Waals surface area contributed by atoms with Crippen LogP contribution in [0.3, 0.4) is 0 Å². The lowest BCUT2D eigenvalue weighted by molar-refractivity contribution is -0.224. The number of hydrogen-bond donors (Lipinski definition) is 0. The first-order valence-corrected chi connectivity index (χ1v) is 2.87. The third-order valence-electron chi connectivity index (χ3n) is 1.27. The van der Waals surface area contributed by atoms with Crippen molar-refractivity contribution in [3.05, 3.63) is 0 Å². The molecule has 0 saturated carbocycles. The predicted octanol–water partition coefficient (Wildman–Crippen LogP) is 2.22. The average molecular weight is 156 g/mol. The molecule has 10 heavy (non-hydrogen) atoms. The minimum absolute atomic E-state index is 0.295. The zero-order chi connectivity index (χ0) is 8.41. The van der Waals surface area contributed by atoms with Crippen molar-refractivity contribution < 1.29 is 17.9 Å². The minimum atomic E-state index is -4.18. The highest BCUT2D eigenvalue weighted by Crippen LogP contribution is 2.37. The van der Waals surface area contributed by atoms with Crippen LogP contribution in [-0.4, -0.2) is 19.9 Å². The van der Waals surface area contributed by atoms with Gasteiger partial charge in [-0.15, -0.1) is 0 Å². The van der Waals surface area contributed by atoms with Crippen molar-refractivity contribution in [3.8, 4) is 0 Å². The highest BCUT2D eigenvalue weighted by atomic mass is 19.4. The van der Waals surface area contributed by atoms with E-state index < -0.39 is 11.6 Å². The van der Waals surface area contributed by atoms with Crippen molar-refractivity contribution in [3.63, 3.8) is 0 Å². The Balaban J connectivity index is 4.10. The fourth-order valence-corrected chi connectivity index (χ4v) is 0.443. The molecule has 0 aliphatic rings. The van der Waals surface area contributed by atoms with E-state index in [0.29, 0.717) is 0 Å². The molecule has 4 heteroatoms. The highest BCUT2D eigenvalue weighted by Gasteiger charge is 2.47. The molecular formula is C6H11F3O. The monoisotopic (exact) mass is 156 g/mol. The molecular weight excluding hydrogens is 145 g/mol. The van der Waals surface area contributed by atoms with Gasteiger partial charge in [0.25, 0.3) is 0 Å². The number of halogens is 3. The van der Waals surface area contributed by atoms with E-state index >= 15 is 0 Å². The van der Waals surface area contributed by atoms with Crippen molar-refractivity contribution in [2.45, 2.75) is 20.0 Å². The highest BCUT2D eigenvalue weighted by molar-refractivity contribution is 4.76. The van der Waals surface area contributed by atoms with Crippen LogP contribution in [0.2, 0.25) is 0 Å². The first kappa shape index (κ1) is 9.75. The molecule has 0 aliphatic carbocycles. The maximum absolute atomic E-state index is 11.9. The van der Waals surface area contributed by atoms with Crippen LogP contribution < -0.4 is 0 Å². The van der Waals surface area contributed by atoms with E-state index in [1.165, 1.54) is 7.11 Å². The number of hydrogen-bond acceptors (Lipinski definition) is 1. The maximum atomic E-state index is 11.9. The summed E-state index contributed by atoms with van der Waals surface area (Å²) in [5, 5.41) is 0. The van der Waals surface area contributed by atoms with Crippen LogP contribution in [-0.2, 0) is 4.74 Å². The normalized spacial score (nSPS) is 13.8. The summed E-state index contributed by atoms with van der Waals surface area (Å²) in [5.41, 5.74) is -1.73. The molecule has 0 aliphatic heterocycles. The second kappa shape index (κ2) is 2.78. The summed E-state index contributed by atoms with van der Waals surface area (Å²) in [6.45, 7) is 1.92. The molecule has 0 bridgehead atoms. The molecule has 0 N–H and O–H groups in total. The van der Waals surface area contributed by atoms with Gasteiger partial charge in [-0.3, -0.25) is 0 Å². The molecule has 1 nitrogen and oxygen atoms in total. The largest absolute Gasteiger partial charge is 0.396 e. The molecule has 0 heterocycles. The molecule has 0 amide bonds. The summed E-state index contributed by atoms with van der Waals surface area (Å²) >= 11 is 0. The number of methoxy groups -OCH3 is 1. The van der Waals surface area contributed by atoms with Crippen LogP contribution in [0.5, 0.6) is 0 Å². The lowest BCUT2D eigenvalue weighted by Gasteiger charge is -2.26. The first-order chi connectivity index (χ1) is 4.31. The van der Waals surface area contributed by atoms with Gasteiger partial charge in [-0.1, -0.05) is 0 Å². The van der Waals surface area contributed by atoms with E-state index in [0.717, 1.165) is 13.8 Å². The van der Waals surface area contributed by atoms with Gasteiger partial charge in [0, 0.05) is 7.11 Å². The quantitative estimate of drug-likeness (QED) is 0.595. The number of alkyl halides is 3. The summed E-state index contributed by atoms with van der Waals surface area (Å²) < 4.78 is 40.2. The summed E-state index contributed by atoms with van der Waals surface area (Å²) in [4.78, 5) is 0. The van der Waals surface area contributed by atoms with E-state index in [9.17, 15) is 13.2 Å². The molecule has 0 fully saturated rings. The molecule has 0 radical (unpaired) electrons. The van der Waals surface area contributed by atoms with Crippen molar-refractivity contribution in [1.29, 1.82) is 0 Å². The molecule has 0 saturated heterocycles. The molecule has 0 aromatic heterocycles. The van der Waals surface area contributed by atoms with Crippen LogP contribution in [0, 0.1) is 5.41 Å². The van der Waals surface area contributed by atoms with Crippen LogP contribution in [0.15, 0.2) is 0 Å². The average Bonchev–Trinajstić information content (AvgIpc) is 1.61. The van der Waals surface area contributed by atoms with Gasteiger partial charge in [-0.05, 0) is 13.8 Å². The Kier molecular flexibility index (Phi) is 2.71. The topological polar surface area (TPSA) is 9.23 Å². The summed E-state index contributed by atoms with van der Waals surface area (Å²) in [5.74, 6) is 0.